The predicted molar refractivity (Wildman–Crippen MR) is 108 cm³/mol. The minimum atomic E-state index is -0.857. The van der Waals surface area contributed by atoms with Gasteiger partial charge in [-0.1, -0.05) is 35.3 Å². The van der Waals surface area contributed by atoms with Gasteiger partial charge in [0, 0.05) is 10.8 Å². The number of thioether (sulfide) groups is 1. The predicted octanol–water partition coefficient (Wildman–Crippen LogP) is 4.76. The quantitative estimate of drug-likeness (QED) is 0.663. The fraction of sp³-hybridized carbons (Fsp3) is 0.316. The van der Waals surface area contributed by atoms with Gasteiger partial charge in [0.25, 0.3) is 0 Å². The number of halogens is 2. The summed E-state index contributed by atoms with van der Waals surface area (Å²) in [6, 6.07) is 10.4. The zero-order valence-electron chi connectivity index (χ0n) is 14.6. The molecule has 144 valence electrons. The summed E-state index contributed by atoms with van der Waals surface area (Å²) in [4.78, 5) is 11.2. The van der Waals surface area contributed by atoms with Crippen LogP contribution >= 0.6 is 35.0 Å². The number of nitrogens with one attached hydrogen (secondary N) is 1. The molecule has 1 aliphatic heterocycles. The Bertz CT molecular complexity index is 816. The van der Waals surface area contributed by atoms with Crippen LogP contribution < -0.4 is 14.8 Å². The van der Waals surface area contributed by atoms with E-state index in [2.05, 4.69) is 5.32 Å². The van der Waals surface area contributed by atoms with Crippen molar-refractivity contribution in [2.45, 2.75) is 24.9 Å². The molecular weight excluding hydrogens is 409 g/mol. The van der Waals surface area contributed by atoms with E-state index < -0.39 is 12.0 Å². The van der Waals surface area contributed by atoms with Crippen LogP contribution in [0.5, 0.6) is 11.5 Å². The van der Waals surface area contributed by atoms with Crippen molar-refractivity contribution >= 4 is 40.9 Å². The molecule has 0 aliphatic carbocycles. The SMILES string of the molecule is CCOc1cc([C@@H]2N[C@@H](C(=O)O)CS2)cc(Cl)c1OCc1ccc(Cl)cc1. The first kappa shape index (κ1) is 20.1. The Balaban J connectivity index is 1.79. The highest BCUT2D eigenvalue weighted by atomic mass is 35.5. The second-order valence-corrected chi connectivity index (χ2v) is 7.93. The lowest BCUT2D eigenvalue weighted by Crippen LogP contribution is -2.33. The number of rotatable bonds is 7. The summed E-state index contributed by atoms with van der Waals surface area (Å²) in [5.74, 6) is 0.644. The maximum Gasteiger partial charge on any atom is 0.321 e. The highest BCUT2D eigenvalue weighted by Crippen LogP contribution is 2.42. The van der Waals surface area contributed by atoms with Crippen LogP contribution in [0.25, 0.3) is 0 Å². The Labute approximate surface area is 171 Å². The van der Waals surface area contributed by atoms with Crippen molar-refractivity contribution in [3.63, 3.8) is 0 Å². The first-order chi connectivity index (χ1) is 13.0. The average molecular weight is 428 g/mol. The summed E-state index contributed by atoms with van der Waals surface area (Å²) < 4.78 is 11.6. The minimum Gasteiger partial charge on any atom is -0.490 e. The Hall–Kier alpha value is -1.60. The van der Waals surface area contributed by atoms with Crippen molar-refractivity contribution in [1.29, 1.82) is 0 Å². The van der Waals surface area contributed by atoms with Gasteiger partial charge >= 0.3 is 5.97 Å². The molecule has 3 rings (SSSR count). The van der Waals surface area contributed by atoms with Gasteiger partial charge in [-0.3, -0.25) is 10.1 Å². The number of aliphatic carboxylic acids is 1. The van der Waals surface area contributed by atoms with Crippen LogP contribution in [0.3, 0.4) is 0 Å². The highest BCUT2D eigenvalue weighted by Gasteiger charge is 2.31. The molecule has 0 bridgehead atoms. The van der Waals surface area contributed by atoms with E-state index in [9.17, 15) is 4.79 Å². The van der Waals surface area contributed by atoms with E-state index in [-0.39, 0.29) is 5.37 Å². The van der Waals surface area contributed by atoms with E-state index in [4.69, 9.17) is 37.8 Å². The van der Waals surface area contributed by atoms with Gasteiger partial charge < -0.3 is 14.6 Å². The van der Waals surface area contributed by atoms with Gasteiger partial charge in [-0.05, 0) is 42.3 Å². The van der Waals surface area contributed by atoms with E-state index in [0.717, 1.165) is 11.1 Å². The minimum absolute atomic E-state index is 0.159. The van der Waals surface area contributed by atoms with E-state index in [0.29, 0.717) is 40.5 Å². The molecule has 0 radical (unpaired) electrons. The number of carboxylic acids is 1. The van der Waals surface area contributed by atoms with E-state index >= 15 is 0 Å². The van der Waals surface area contributed by atoms with E-state index in [1.54, 1.807) is 18.2 Å². The molecule has 1 aliphatic rings. The van der Waals surface area contributed by atoms with Crippen LogP contribution in [0.15, 0.2) is 36.4 Å². The molecule has 1 heterocycles. The molecule has 2 N–H and O–H groups in total. The standard InChI is InChI=1S/C19H19Cl2NO4S/c1-2-25-16-8-12(18-22-15(10-27-18)19(23)24)7-14(21)17(16)26-9-11-3-5-13(20)6-4-11/h3-8,15,18,22H,2,9-10H2,1H3,(H,23,24)/t15-,18-/m1/s1. The van der Waals surface area contributed by atoms with Crippen molar-refractivity contribution in [3.05, 3.63) is 57.6 Å². The molecule has 1 fully saturated rings. The smallest absolute Gasteiger partial charge is 0.321 e. The third-order valence-corrected chi connectivity index (χ3v) is 5.81. The normalized spacial score (nSPS) is 19.1. The Kier molecular flexibility index (Phi) is 6.76. The van der Waals surface area contributed by atoms with Gasteiger partial charge in [0.2, 0.25) is 0 Å². The Morgan fingerprint density at radius 3 is 2.63 bits per heavy atom. The second-order valence-electron chi connectivity index (χ2n) is 5.95. The lowest BCUT2D eigenvalue weighted by Gasteiger charge is -2.18. The Morgan fingerprint density at radius 1 is 1.26 bits per heavy atom. The second kappa shape index (κ2) is 9.06. The summed E-state index contributed by atoms with van der Waals surface area (Å²) >= 11 is 13.9. The molecule has 2 aromatic carbocycles. The van der Waals surface area contributed by atoms with Crippen LogP contribution in [-0.4, -0.2) is 29.5 Å². The first-order valence-corrected chi connectivity index (χ1v) is 10.2. The number of benzene rings is 2. The molecule has 0 spiro atoms. The first-order valence-electron chi connectivity index (χ1n) is 8.42. The fourth-order valence-electron chi connectivity index (χ4n) is 2.68. The van der Waals surface area contributed by atoms with Gasteiger partial charge in [0.15, 0.2) is 11.5 Å². The van der Waals surface area contributed by atoms with Crippen LogP contribution in [0.2, 0.25) is 10.0 Å². The summed E-state index contributed by atoms with van der Waals surface area (Å²) in [6.07, 6.45) is 0. The van der Waals surface area contributed by atoms with Crippen molar-refractivity contribution in [2.24, 2.45) is 0 Å². The average Bonchev–Trinajstić information content (AvgIpc) is 3.13. The maximum absolute atomic E-state index is 11.2. The molecule has 0 unspecified atom stereocenters. The third-order valence-electron chi connectivity index (χ3n) is 4.01. The third kappa shape index (κ3) is 5.02. The van der Waals surface area contributed by atoms with Gasteiger partial charge in [0.1, 0.15) is 12.6 Å². The maximum atomic E-state index is 11.2. The molecule has 0 aromatic heterocycles. The molecule has 1 saturated heterocycles. The topological polar surface area (TPSA) is 67.8 Å². The molecule has 2 aromatic rings. The van der Waals surface area contributed by atoms with Gasteiger partial charge in [-0.15, -0.1) is 11.8 Å². The summed E-state index contributed by atoms with van der Waals surface area (Å²) in [5, 5.41) is 13.2. The van der Waals surface area contributed by atoms with Gasteiger partial charge in [-0.25, -0.2) is 0 Å². The molecule has 0 saturated carbocycles. The van der Waals surface area contributed by atoms with Crippen LogP contribution in [0.1, 0.15) is 23.4 Å². The number of carbonyl (C=O) groups is 1. The molecule has 5 nitrogen and oxygen atoms in total. The van der Waals surface area contributed by atoms with Gasteiger partial charge in [0.05, 0.1) is 17.0 Å². The largest absolute Gasteiger partial charge is 0.490 e. The Morgan fingerprint density at radius 2 is 2.00 bits per heavy atom. The summed E-state index contributed by atoms with van der Waals surface area (Å²) in [6.45, 7) is 2.67. The monoisotopic (exact) mass is 427 g/mol. The van der Waals surface area contributed by atoms with Gasteiger partial charge in [-0.2, -0.15) is 0 Å². The van der Waals surface area contributed by atoms with Crippen molar-refractivity contribution < 1.29 is 19.4 Å². The van der Waals surface area contributed by atoms with Crippen LogP contribution in [-0.2, 0) is 11.4 Å². The van der Waals surface area contributed by atoms with Crippen LogP contribution in [0, 0.1) is 0 Å². The molecule has 27 heavy (non-hydrogen) atoms. The highest BCUT2D eigenvalue weighted by molar-refractivity contribution is 7.99. The number of carboxylic acid groups (broad SMARTS) is 1. The van der Waals surface area contributed by atoms with Crippen molar-refractivity contribution in [3.8, 4) is 11.5 Å². The number of ether oxygens (including phenoxy) is 2. The van der Waals surface area contributed by atoms with E-state index in [1.807, 2.05) is 25.1 Å². The summed E-state index contributed by atoms with van der Waals surface area (Å²) in [5.41, 5.74) is 1.82. The number of hydrogen-bond acceptors (Lipinski definition) is 5. The molecule has 0 amide bonds. The lowest BCUT2D eigenvalue weighted by atomic mass is 10.1. The zero-order chi connectivity index (χ0) is 19.4. The van der Waals surface area contributed by atoms with E-state index in [1.165, 1.54) is 11.8 Å². The summed E-state index contributed by atoms with van der Waals surface area (Å²) in [7, 11) is 0. The molecular formula is C19H19Cl2NO4S. The fourth-order valence-corrected chi connectivity index (χ4v) is 4.30. The molecule has 8 heteroatoms. The van der Waals surface area contributed by atoms with Crippen LogP contribution in [0.4, 0.5) is 0 Å². The zero-order valence-corrected chi connectivity index (χ0v) is 16.9. The van der Waals surface area contributed by atoms with Crippen molar-refractivity contribution in [1.82, 2.24) is 5.32 Å². The lowest BCUT2D eigenvalue weighted by molar-refractivity contribution is -0.138. The van der Waals surface area contributed by atoms with Crippen molar-refractivity contribution in [2.75, 3.05) is 12.4 Å². The number of hydrogen-bond donors (Lipinski definition) is 2. The molecule has 2 atom stereocenters.